The van der Waals surface area contributed by atoms with E-state index in [0.29, 0.717) is 6.54 Å². The van der Waals surface area contributed by atoms with E-state index >= 15 is 0 Å². The number of nitrogens with one attached hydrogen (secondary N) is 3. The van der Waals surface area contributed by atoms with E-state index in [1.165, 1.54) is 0 Å². The summed E-state index contributed by atoms with van der Waals surface area (Å²) in [7, 11) is 1.62. The van der Waals surface area contributed by atoms with Crippen LogP contribution in [0, 0.1) is 0 Å². The summed E-state index contributed by atoms with van der Waals surface area (Å²) >= 11 is 6.91. The van der Waals surface area contributed by atoms with Crippen molar-refractivity contribution >= 4 is 55.8 Å². The number of aliphatic carboxylic acids is 2. The Balaban J connectivity index is 0. The van der Waals surface area contributed by atoms with Gasteiger partial charge in [-0.25, -0.2) is 9.59 Å². The van der Waals surface area contributed by atoms with Crippen LogP contribution in [0.5, 0.6) is 5.75 Å². The standard InChI is InChI=1S/C20H32Br2N4O2.2C2HF3O2/c1-28-20-17(21)14-16(15-18(20)22)6-7-19(27)26-13-5-12-25-10-3-2-9-24-11-4-8-23;2*3-2(4,5)1(6)7/h6-7,14-15,24-25H,2-5,8-13,23H2,1H3,(H,26,27);2*(H,6,7)/b7-6+;;. The highest BCUT2D eigenvalue weighted by molar-refractivity contribution is 9.11. The highest BCUT2D eigenvalue weighted by atomic mass is 79.9. The molecule has 0 bridgehead atoms. The van der Waals surface area contributed by atoms with Crippen LogP contribution in [0.2, 0.25) is 0 Å². The number of hydrogen-bond donors (Lipinski definition) is 6. The maximum absolute atomic E-state index is 11.9. The van der Waals surface area contributed by atoms with Crippen LogP contribution < -0.4 is 26.4 Å². The van der Waals surface area contributed by atoms with Gasteiger partial charge in [0.15, 0.2) is 0 Å². The first kappa shape index (κ1) is 41.7. The molecular formula is C24H34Br2F6N4O6. The fourth-order valence-corrected chi connectivity index (χ4v) is 4.05. The minimum atomic E-state index is -5.08. The molecule has 7 N–H and O–H groups in total. The summed E-state index contributed by atoms with van der Waals surface area (Å²) in [5.41, 5.74) is 6.35. The summed E-state index contributed by atoms with van der Waals surface area (Å²) in [5.74, 6) is -4.87. The van der Waals surface area contributed by atoms with Crippen molar-refractivity contribution < 1.29 is 55.7 Å². The second-order valence-corrected chi connectivity index (χ2v) is 9.66. The molecule has 0 saturated carbocycles. The summed E-state index contributed by atoms with van der Waals surface area (Å²) in [5, 5.41) is 23.9. The first-order valence-electron chi connectivity index (χ1n) is 12.2. The summed E-state index contributed by atoms with van der Waals surface area (Å²) < 4.78 is 70.4. The number of rotatable bonds is 15. The third-order valence-corrected chi connectivity index (χ3v) is 5.66. The predicted molar refractivity (Wildman–Crippen MR) is 151 cm³/mol. The predicted octanol–water partition coefficient (Wildman–Crippen LogP) is 4.31. The summed E-state index contributed by atoms with van der Waals surface area (Å²) in [6, 6.07) is 3.82. The zero-order valence-corrected chi connectivity index (χ0v) is 25.7. The first-order chi connectivity index (χ1) is 19.5. The number of carbonyl (C=O) groups excluding carboxylic acids is 1. The Kier molecular flexibility index (Phi) is 22.9. The van der Waals surface area contributed by atoms with E-state index in [4.69, 9.17) is 30.3 Å². The van der Waals surface area contributed by atoms with E-state index in [-0.39, 0.29) is 5.91 Å². The van der Waals surface area contributed by atoms with Gasteiger partial charge in [-0.1, -0.05) is 0 Å². The molecule has 0 heterocycles. The number of amides is 1. The Hall–Kier alpha value is -2.41. The van der Waals surface area contributed by atoms with Crippen LogP contribution in [0.25, 0.3) is 6.08 Å². The van der Waals surface area contributed by atoms with Crippen LogP contribution >= 0.6 is 31.9 Å². The van der Waals surface area contributed by atoms with Crippen LogP contribution in [0.15, 0.2) is 27.2 Å². The molecule has 0 spiro atoms. The lowest BCUT2D eigenvalue weighted by molar-refractivity contribution is -0.193. The molecule has 0 unspecified atom stereocenters. The Morgan fingerprint density at radius 2 is 1.24 bits per heavy atom. The molecule has 0 saturated heterocycles. The number of unbranched alkanes of at least 4 members (excludes halogenated alkanes) is 1. The van der Waals surface area contributed by atoms with Crippen LogP contribution in [-0.4, -0.2) is 86.8 Å². The Bertz CT molecular complexity index is 935. The van der Waals surface area contributed by atoms with Gasteiger partial charge in [-0.15, -0.1) is 0 Å². The van der Waals surface area contributed by atoms with E-state index in [9.17, 15) is 31.1 Å². The van der Waals surface area contributed by atoms with Crippen molar-refractivity contribution in [2.45, 2.75) is 38.0 Å². The number of methoxy groups -OCH3 is 1. The Morgan fingerprint density at radius 3 is 1.62 bits per heavy atom. The third kappa shape index (κ3) is 23.2. The lowest BCUT2D eigenvalue weighted by Crippen LogP contribution is -2.26. The van der Waals surface area contributed by atoms with Crippen molar-refractivity contribution in [1.29, 1.82) is 0 Å². The zero-order valence-electron chi connectivity index (χ0n) is 22.5. The van der Waals surface area contributed by atoms with Gasteiger partial charge in [0.25, 0.3) is 0 Å². The summed E-state index contributed by atoms with van der Waals surface area (Å²) in [6.07, 6.45) is -2.58. The van der Waals surface area contributed by atoms with Crippen molar-refractivity contribution in [2.75, 3.05) is 46.4 Å². The molecule has 18 heteroatoms. The van der Waals surface area contributed by atoms with Crippen molar-refractivity contribution in [1.82, 2.24) is 16.0 Å². The van der Waals surface area contributed by atoms with Crippen molar-refractivity contribution in [2.24, 2.45) is 5.73 Å². The van der Waals surface area contributed by atoms with Gasteiger partial charge in [-0.2, -0.15) is 26.3 Å². The number of carboxylic acids is 2. The zero-order chi connectivity index (χ0) is 32.8. The van der Waals surface area contributed by atoms with E-state index < -0.39 is 24.3 Å². The van der Waals surface area contributed by atoms with E-state index in [0.717, 1.165) is 78.7 Å². The monoisotopic (exact) mass is 746 g/mol. The van der Waals surface area contributed by atoms with Gasteiger partial charge in [0.2, 0.25) is 5.91 Å². The Morgan fingerprint density at radius 1 is 0.833 bits per heavy atom. The molecule has 242 valence electrons. The SMILES string of the molecule is COc1c(Br)cc(/C=C/C(=O)NCCCNCCCCNCCCN)cc1Br.O=C(O)C(F)(F)F.O=C(O)C(F)(F)F. The van der Waals surface area contributed by atoms with E-state index in [1.807, 2.05) is 12.1 Å². The normalized spacial score (nSPS) is 11.2. The van der Waals surface area contributed by atoms with Gasteiger partial charge in [0, 0.05) is 12.6 Å². The topological polar surface area (TPSA) is 163 Å². The molecule has 0 radical (unpaired) electrons. The van der Waals surface area contributed by atoms with Gasteiger partial charge in [0.05, 0.1) is 16.1 Å². The van der Waals surface area contributed by atoms with E-state index in [1.54, 1.807) is 19.3 Å². The molecular weight excluding hydrogens is 714 g/mol. The number of alkyl halides is 6. The van der Waals surface area contributed by atoms with Crippen LogP contribution in [0.4, 0.5) is 26.3 Å². The lowest BCUT2D eigenvalue weighted by Gasteiger charge is -2.07. The maximum Gasteiger partial charge on any atom is 0.490 e. The fourth-order valence-electron chi connectivity index (χ4n) is 2.50. The van der Waals surface area contributed by atoms with Crippen molar-refractivity contribution in [3.8, 4) is 5.75 Å². The summed E-state index contributed by atoms with van der Waals surface area (Å²) in [4.78, 5) is 29.7. The highest BCUT2D eigenvalue weighted by Gasteiger charge is 2.38. The number of hydrogen-bond acceptors (Lipinski definition) is 7. The van der Waals surface area contributed by atoms with Crippen LogP contribution in [0.3, 0.4) is 0 Å². The third-order valence-electron chi connectivity index (χ3n) is 4.48. The second kappa shape index (κ2) is 23.1. The van der Waals surface area contributed by atoms with Gasteiger partial charge in [-0.05, 0) is 114 Å². The molecule has 1 aromatic carbocycles. The average molecular weight is 748 g/mol. The first-order valence-corrected chi connectivity index (χ1v) is 13.8. The number of ether oxygens (including phenoxy) is 1. The molecule has 42 heavy (non-hydrogen) atoms. The number of halogens is 8. The average Bonchev–Trinajstić information content (AvgIpc) is 2.87. The Labute approximate surface area is 255 Å². The van der Waals surface area contributed by atoms with Crippen molar-refractivity contribution in [3.05, 3.63) is 32.7 Å². The maximum atomic E-state index is 11.9. The van der Waals surface area contributed by atoms with Crippen LogP contribution in [0.1, 0.15) is 31.2 Å². The van der Waals surface area contributed by atoms with Gasteiger partial charge in [-0.3, -0.25) is 4.79 Å². The molecule has 0 aliphatic heterocycles. The van der Waals surface area contributed by atoms with Crippen LogP contribution in [-0.2, 0) is 14.4 Å². The molecule has 1 rings (SSSR count). The minimum absolute atomic E-state index is 0.0911. The number of nitrogens with two attached hydrogens (primary N) is 1. The molecule has 0 atom stereocenters. The molecule has 10 nitrogen and oxygen atoms in total. The largest absolute Gasteiger partial charge is 0.494 e. The quantitative estimate of drug-likeness (QED) is 0.0872. The molecule has 0 aliphatic carbocycles. The molecule has 1 amide bonds. The molecule has 0 fully saturated rings. The minimum Gasteiger partial charge on any atom is -0.494 e. The summed E-state index contributed by atoms with van der Waals surface area (Å²) in [6.45, 7) is 5.37. The van der Waals surface area contributed by atoms with Gasteiger partial charge in [0.1, 0.15) is 5.75 Å². The van der Waals surface area contributed by atoms with Gasteiger partial charge < -0.3 is 36.6 Å². The van der Waals surface area contributed by atoms with Gasteiger partial charge >= 0.3 is 24.3 Å². The number of carbonyl (C=O) groups is 3. The van der Waals surface area contributed by atoms with E-state index in [2.05, 4.69) is 47.8 Å². The number of benzene rings is 1. The number of carboxylic acid groups (broad SMARTS) is 2. The molecule has 0 aromatic heterocycles. The lowest BCUT2D eigenvalue weighted by atomic mass is 10.2. The molecule has 0 aliphatic rings. The molecule has 1 aromatic rings. The fraction of sp³-hybridized carbons (Fsp3) is 0.542. The second-order valence-electron chi connectivity index (χ2n) is 7.95. The smallest absolute Gasteiger partial charge is 0.490 e. The van der Waals surface area contributed by atoms with Crippen molar-refractivity contribution in [3.63, 3.8) is 0 Å². The highest BCUT2D eigenvalue weighted by Crippen LogP contribution is 2.34.